The van der Waals surface area contributed by atoms with Gasteiger partial charge in [-0.15, -0.1) is 0 Å². The molecule has 2 N–H and O–H groups in total. The number of fused-ring (bicyclic) bond motifs is 1. The molecule has 0 saturated heterocycles. The minimum Gasteiger partial charge on any atom is -0.322 e. The van der Waals surface area contributed by atoms with Crippen molar-refractivity contribution in [2.24, 2.45) is 5.92 Å². The highest BCUT2D eigenvalue weighted by atomic mass is 32.1. The molecule has 2 aromatic heterocycles. The van der Waals surface area contributed by atoms with Crippen molar-refractivity contribution in [3.8, 4) is 11.3 Å². The molecule has 0 unspecified atom stereocenters. The van der Waals surface area contributed by atoms with Crippen LogP contribution in [0.5, 0.6) is 0 Å². The van der Waals surface area contributed by atoms with Crippen LogP contribution in [0.1, 0.15) is 28.8 Å². The summed E-state index contributed by atoms with van der Waals surface area (Å²) in [5.41, 5.74) is 4.75. The fraction of sp³-hybridized carbons (Fsp3) is 0.167. The number of nitrogens with one attached hydrogen (secondary N) is 2. The lowest BCUT2D eigenvalue weighted by Gasteiger charge is -2.08. The largest absolute Gasteiger partial charge is 0.322 e. The number of carbonyl (C=O) groups excluding carboxylic acids is 2. The number of hydrogen-bond acceptors (Lipinski definition) is 5. The fourth-order valence-electron chi connectivity index (χ4n) is 3.33. The normalized spacial score (nSPS) is 13.2. The first-order valence-electron chi connectivity index (χ1n) is 10.1. The summed E-state index contributed by atoms with van der Waals surface area (Å²) in [6.07, 6.45) is 1.90. The molecule has 2 aromatic carbocycles. The van der Waals surface area contributed by atoms with E-state index in [4.69, 9.17) is 4.98 Å². The Hall–Kier alpha value is -3.58. The smallest absolute Gasteiger partial charge is 0.255 e. The second kappa shape index (κ2) is 7.92. The van der Waals surface area contributed by atoms with E-state index in [1.807, 2.05) is 61.5 Å². The molecule has 2 heterocycles. The number of thiazole rings is 1. The Kier molecular flexibility index (Phi) is 4.95. The van der Waals surface area contributed by atoms with Crippen molar-refractivity contribution < 1.29 is 9.59 Å². The number of rotatable bonds is 5. The van der Waals surface area contributed by atoms with E-state index in [-0.39, 0.29) is 17.7 Å². The van der Waals surface area contributed by atoms with Gasteiger partial charge in [-0.05, 0) is 61.7 Å². The first-order chi connectivity index (χ1) is 15.0. The van der Waals surface area contributed by atoms with Gasteiger partial charge in [0.25, 0.3) is 5.91 Å². The zero-order chi connectivity index (χ0) is 21.4. The van der Waals surface area contributed by atoms with Gasteiger partial charge in [-0.2, -0.15) is 0 Å². The predicted octanol–water partition coefficient (Wildman–Crippen LogP) is 5.27. The average Bonchev–Trinajstić information content (AvgIpc) is 3.54. The highest BCUT2D eigenvalue weighted by Gasteiger charge is 2.30. The molecule has 0 aliphatic heterocycles. The minimum absolute atomic E-state index is 0.0339. The van der Waals surface area contributed by atoms with Gasteiger partial charge in [0.15, 0.2) is 5.13 Å². The zero-order valence-corrected chi connectivity index (χ0v) is 17.7. The van der Waals surface area contributed by atoms with Crippen LogP contribution in [-0.2, 0) is 4.79 Å². The monoisotopic (exact) mass is 428 g/mol. The van der Waals surface area contributed by atoms with Crippen LogP contribution in [0.2, 0.25) is 0 Å². The molecule has 31 heavy (non-hydrogen) atoms. The van der Waals surface area contributed by atoms with Gasteiger partial charge in [-0.25, -0.2) is 9.97 Å². The van der Waals surface area contributed by atoms with Gasteiger partial charge in [-0.3, -0.25) is 9.59 Å². The maximum absolute atomic E-state index is 12.7. The third-order valence-corrected chi connectivity index (χ3v) is 6.01. The summed E-state index contributed by atoms with van der Waals surface area (Å²) in [6.45, 7) is 1.99. The number of aromatic nitrogens is 2. The standard InChI is InChI=1S/C24H20N4O2S/c1-14-4-2-7-18(12-14)25-22(30)17-6-3-5-16(13-17)19-10-11-20-23(26-19)31-24(27-20)28-21(29)15-8-9-15/h2-7,10-13,15H,8-9H2,1H3,(H,25,30)(H,27,28,29). The maximum atomic E-state index is 12.7. The molecule has 1 saturated carbocycles. The Labute approximate surface area is 183 Å². The summed E-state index contributed by atoms with van der Waals surface area (Å²) >= 11 is 1.36. The fourth-order valence-corrected chi connectivity index (χ4v) is 4.17. The lowest BCUT2D eigenvalue weighted by Crippen LogP contribution is -2.12. The van der Waals surface area contributed by atoms with Gasteiger partial charge in [0.05, 0.1) is 5.69 Å². The van der Waals surface area contributed by atoms with Crippen molar-refractivity contribution in [1.29, 1.82) is 0 Å². The van der Waals surface area contributed by atoms with Crippen molar-refractivity contribution >= 4 is 44.3 Å². The van der Waals surface area contributed by atoms with Gasteiger partial charge in [0.1, 0.15) is 10.3 Å². The molecule has 154 valence electrons. The van der Waals surface area contributed by atoms with E-state index in [1.165, 1.54) is 11.3 Å². The number of nitrogens with zero attached hydrogens (tertiary/aromatic N) is 2. The van der Waals surface area contributed by atoms with Gasteiger partial charge < -0.3 is 10.6 Å². The SMILES string of the molecule is Cc1cccc(NC(=O)c2cccc(-c3ccc4nc(NC(=O)C5CC5)sc4n3)c2)c1. The third kappa shape index (κ3) is 4.32. The van der Waals surface area contributed by atoms with E-state index < -0.39 is 0 Å². The molecular weight excluding hydrogens is 408 g/mol. The molecule has 1 fully saturated rings. The molecule has 1 aliphatic rings. The lowest BCUT2D eigenvalue weighted by atomic mass is 10.1. The molecule has 0 radical (unpaired) electrons. The summed E-state index contributed by atoms with van der Waals surface area (Å²) in [7, 11) is 0. The molecule has 0 atom stereocenters. The zero-order valence-electron chi connectivity index (χ0n) is 16.9. The van der Waals surface area contributed by atoms with Crippen LogP contribution >= 0.6 is 11.3 Å². The number of pyridine rings is 1. The van der Waals surface area contributed by atoms with Crippen molar-refractivity contribution in [2.45, 2.75) is 19.8 Å². The Bertz CT molecular complexity index is 1310. The average molecular weight is 429 g/mol. The molecule has 5 rings (SSSR count). The number of aryl methyl sites for hydroxylation is 1. The maximum Gasteiger partial charge on any atom is 0.255 e. The number of amides is 2. The second-order valence-electron chi connectivity index (χ2n) is 7.71. The highest BCUT2D eigenvalue weighted by Crippen LogP contribution is 2.32. The van der Waals surface area contributed by atoms with Crippen molar-refractivity contribution in [1.82, 2.24) is 9.97 Å². The van der Waals surface area contributed by atoms with Gasteiger partial charge in [-0.1, -0.05) is 35.6 Å². The van der Waals surface area contributed by atoms with E-state index in [1.54, 1.807) is 6.07 Å². The molecule has 4 aromatic rings. The topological polar surface area (TPSA) is 84.0 Å². The molecule has 0 bridgehead atoms. The molecular formula is C24H20N4O2S. The Balaban J connectivity index is 1.38. The van der Waals surface area contributed by atoms with Crippen LogP contribution in [0.3, 0.4) is 0 Å². The number of anilines is 2. The summed E-state index contributed by atoms with van der Waals surface area (Å²) in [5, 5.41) is 6.39. The van der Waals surface area contributed by atoms with Crippen molar-refractivity contribution in [2.75, 3.05) is 10.6 Å². The van der Waals surface area contributed by atoms with E-state index in [0.717, 1.165) is 45.7 Å². The Morgan fingerprint density at radius 2 is 1.81 bits per heavy atom. The Morgan fingerprint density at radius 3 is 2.61 bits per heavy atom. The van der Waals surface area contributed by atoms with E-state index >= 15 is 0 Å². The van der Waals surface area contributed by atoms with Gasteiger partial charge in [0, 0.05) is 22.7 Å². The molecule has 0 spiro atoms. The third-order valence-electron chi connectivity index (χ3n) is 5.13. The minimum atomic E-state index is -0.170. The summed E-state index contributed by atoms with van der Waals surface area (Å²) in [6, 6.07) is 18.9. The van der Waals surface area contributed by atoms with Crippen LogP contribution in [0.25, 0.3) is 21.6 Å². The first-order valence-corrected chi connectivity index (χ1v) is 10.9. The van der Waals surface area contributed by atoms with E-state index in [2.05, 4.69) is 15.6 Å². The molecule has 7 heteroatoms. The number of benzene rings is 2. The molecule has 2 amide bonds. The lowest BCUT2D eigenvalue weighted by molar-refractivity contribution is -0.117. The highest BCUT2D eigenvalue weighted by molar-refractivity contribution is 7.22. The van der Waals surface area contributed by atoms with Crippen molar-refractivity contribution in [3.63, 3.8) is 0 Å². The summed E-state index contributed by atoms with van der Waals surface area (Å²) in [4.78, 5) is 34.6. The molecule has 1 aliphatic carbocycles. The first kappa shape index (κ1) is 19.4. The second-order valence-corrected chi connectivity index (χ2v) is 8.69. The predicted molar refractivity (Wildman–Crippen MR) is 123 cm³/mol. The van der Waals surface area contributed by atoms with E-state index in [0.29, 0.717) is 10.7 Å². The van der Waals surface area contributed by atoms with Crippen molar-refractivity contribution in [3.05, 3.63) is 71.8 Å². The number of hydrogen-bond donors (Lipinski definition) is 2. The van der Waals surface area contributed by atoms with Gasteiger partial charge >= 0.3 is 0 Å². The van der Waals surface area contributed by atoms with Crippen LogP contribution in [0, 0.1) is 12.8 Å². The summed E-state index contributed by atoms with van der Waals surface area (Å²) < 4.78 is 0. The number of carbonyl (C=O) groups is 2. The quantitative estimate of drug-likeness (QED) is 0.454. The van der Waals surface area contributed by atoms with Crippen LogP contribution < -0.4 is 10.6 Å². The van der Waals surface area contributed by atoms with Gasteiger partial charge in [0.2, 0.25) is 5.91 Å². The summed E-state index contributed by atoms with van der Waals surface area (Å²) in [5.74, 6) is -0.00721. The van der Waals surface area contributed by atoms with Crippen LogP contribution in [-0.4, -0.2) is 21.8 Å². The van der Waals surface area contributed by atoms with Crippen LogP contribution in [0.15, 0.2) is 60.7 Å². The van der Waals surface area contributed by atoms with Crippen LogP contribution in [0.4, 0.5) is 10.8 Å². The Morgan fingerprint density at radius 1 is 0.968 bits per heavy atom. The molecule has 6 nitrogen and oxygen atoms in total. The van der Waals surface area contributed by atoms with E-state index in [9.17, 15) is 9.59 Å².